The summed E-state index contributed by atoms with van der Waals surface area (Å²) in [4.78, 5) is 9.43. The highest BCUT2D eigenvalue weighted by atomic mass is 79.9. The van der Waals surface area contributed by atoms with E-state index in [0.717, 1.165) is 0 Å². The molecule has 0 aliphatic rings. The number of hydrogen-bond acceptors (Lipinski definition) is 6. The van der Waals surface area contributed by atoms with Crippen molar-refractivity contribution in [2.45, 2.75) is 6.54 Å². The molecule has 0 saturated carbocycles. The van der Waals surface area contributed by atoms with Crippen molar-refractivity contribution in [2.24, 2.45) is 0 Å². The third-order valence-electron chi connectivity index (χ3n) is 4.05. The Morgan fingerprint density at radius 3 is 2.68 bits per heavy atom. The van der Waals surface area contributed by atoms with E-state index in [1.807, 2.05) is 0 Å². The van der Waals surface area contributed by atoms with Crippen LogP contribution in [-0.4, -0.2) is 25.0 Å². The molecule has 0 atom stereocenters. The standard InChI is InChI=1S/C18H10BrF2N7/c19-13-15(10-4-1-3-9(7-22)14(10)21)25-18(23)17-16(13)26-28(27-17)8-12-11(20)5-2-6-24-12/h1-6H,8H2,(H2,23,25). The van der Waals surface area contributed by atoms with Gasteiger partial charge in [0, 0.05) is 11.8 Å². The van der Waals surface area contributed by atoms with Gasteiger partial charge in [0.25, 0.3) is 0 Å². The summed E-state index contributed by atoms with van der Waals surface area (Å²) in [6, 6.07) is 8.97. The molecule has 28 heavy (non-hydrogen) atoms. The Hall–Kier alpha value is -3.45. The number of nitrogen functional groups attached to an aromatic ring is 1. The van der Waals surface area contributed by atoms with E-state index in [1.54, 1.807) is 12.1 Å². The van der Waals surface area contributed by atoms with Gasteiger partial charge in [-0.3, -0.25) is 4.98 Å². The van der Waals surface area contributed by atoms with Crippen LogP contribution in [0.1, 0.15) is 11.3 Å². The lowest BCUT2D eigenvalue weighted by atomic mass is 10.1. The van der Waals surface area contributed by atoms with Gasteiger partial charge in [0.15, 0.2) is 11.3 Å². The van der Waals surface area contributed by atoms with Crippen LogP contribution in [0.2, 0.25) is 0 Å². The predicted molar refractivity (Wildman–Crippen MR) is 101 cm³/mol. The number of pyridine rings is 2. The molecule has 3 aromatic heterocycles. The van der Waals surface area contributed by atoms with Gasteiger partial charge in [-0.1, -0.05) is 6.07 Å². The summed E-state index contributed by atoms with van der Waals surface area (Å²) >= 11 is 3.37. The lowest BCUT2D eigenvalue weighted by Crippen LogP contribution is -2.07. The summed E-state index contributed by atoms with van der Waals surface area (Å²) in [7, 11) is 0. The van der Waals surface area contributed by atoms with Crippen molar-refractivity contribution in [3.8, 4) is 17.3 Å². The van der Waals surface area contributed by atoms with E-state index in [-0.39, 0.29) is 40.4 Å². The first-order valence-electron chi connectivity index (χ1n) is 7.97. The Labute approximate surface area is 165 Å². The minimum Gasteiger partial charge on any atom is -0.382 e. The molecular weight excluding hydrogens is 432 g/mol. The molecule has 10 heteroatoms. The lowest BCUT2D eigenvalue weighted by Gasteiger charge is -2.07. The molecule has 7 nitrogen and oxygen atoms in total. The number of halogens is 3. The van der Waals surface area contributed by atoms with Gasteiger partial charge < -0.3 is 5.73 Å². The summed E-state index contributed by atoms with van der Waals surface area (Å²) in [5, 5.41) is 17.6. The summed E-state index contributed by atoms with van der Waals surface area (Å²) in [6.07, 6.45) is 1.47. The highest BCUT2D eigenvalue weighted by Crippen LogP contribution is 2.35. The fourth-order valence-electron chi connectivity index (χ4n) is 2.72. The minimum absolute atomic E-state index is 0.0131. The Balaban J connectivity index is 1.85. The van der Waals surface area contributed by atoms with Gasteiger partial charge in [-0.2, -0.15) is 15.2 Å². The van der Waals surface area contributed by atoms with Crippen LogP contribution in [0.5, 0.6) is 0 Å². The third-order valence-corrected chi connectivity index (χ3v) is 4.80. The van der Waals surface area contributed by atoms with Crippen molar-refractivity contribution in [3.63, 3.8) is 0 Å². The smallest absolute Gasteiger partial charge is 0.156 e. The normalized spacial score (nSPS) is 10.9. The number of hydrogen-bond donors (Lipinski definition) is 1. The maximum atomic E-state index is 14.6. The number of nitrogens with two attached hydrogens (primary N) is 1. The summed E-state index contributed by atoms with van der Waals surface area (Å²) in [6.45, 7) is -0.0131. The maximum absolute atomic E-state index is 14.6. The molecule has 3 heterocycles. The van der Waals surface area contributed by atoms with Gasteiger partial charge in [-0.25, -0.2) is 13.8 Å². The number of aromatic nitrogens is 5. The molecule has 138 valence electrons. The van der Waals surface area contributed by atoms with Crippen LogP contribution in [0.15, 0.2) is 41.0 Å². The van der Waals surface area contributed by atoms with E-state index in [4.69, 9.17) is 11.0 Å². The molecule has 4 rings (SSSR count). The van der Waals surface area contributed by atoms with Gasteiger partial charge in [0.1, 0.15) is 29.8 Å². The van der Waals surface area contributed by atoms with Crippen molar-refractivity contribution in [2.75, 3.05) is 5.73 Å². The van der Waals surface area contributed by atoms with E-state index in [0.29, 0.717) is 9.99 Å². The van der Waals surface area contributed by atoms with Crippen LogP contribution < -0.4 is 5.73 Å². The van der Waals surface area contributed by atoms with Crippen LogP contribution in [0.3, 0.4) is 0 Å². The molecule has 0 saturated heterocycles. The van der Waals surface area contributed by atoms with E-state index >= 15 is 0 Å². The van der Waals surface area contributed by atoms with Crippen molar-refractivity contribution >= 4 is 32.8 Å². The summed E-state index contributed by atoms with van der Waals surface area (Å²) in [5.41, 5.74) is 6.96. The van der Waals surface area contributed by atoms with Crippen LogP contribution >= 0.6 is 15.9 Å². The molecule has 0 unspecified atom stereocenters. The predicted octanol–water partition coefficient (Wildman–Crippen LogP) is 3.43. The Kier molecular flexibility index (Phi) is 4.44. The van der Waals surface area contributed by atoms with E-state index in [1.165, 1.54) is 35.3 Å². The number of anilines is 1. The van der Waals surface area contributed by atoms with Crippen molar-refractivity contribution < 1.29 is 8.78 Å². The molecule has 0 amide bonds. The molecule has 0 bridgehead atoms. The van der Waals surface area contributed by atoms with E-state index in [2.05, 4.69) is 36.1 Å². The number of rotatable bonds is 3. The third kappa shape index (κ3) is 2.95. The van der Waals surface area contributed by atoms with Gasteiger partial charge in [0.05, 0.1) is 21.4 Å². The van der Waals surface area contributed by atoms with Crippen molar-refractivity contribution in [3.05, 3.63) is 63.9 Å². The highest BCUT2D eigenvalue weighted by molar-refractivity contribution is 9.10. The topological polar surface area (TPSA) is 106 Å². The second-order valence-electron chi connectivity index (χ2n) is 5.80. The first-order chi connectivity index (χ1) is 13.5. The Morgan fingerprint density at radius 2 is 1.93 bits per heavy atom. The van der Waals surface area contributed by atoms with Crippen molar-refractivity contribution in [1.29, 1.82) is 5.26 Å². The molecular formula is C18H10BrF2N7. The fourth-order valence-corrected chi connectivity index (χ4v) is 3.29. The maximum Gasteiger partial charge on any atom is 0.156 e. The van der Waals surface area contributed by atoms with Crippen molar-refractivity contribution in [1.82, 2.24) is 25.0 Å². The van der Waals surface area contributed by atoms with Crippen LogP contribution in [-0.2, 0) is 6.54 Å². The highest BCUT2D eigenvalue weighted by Gasteiger charge is 2.21. The zero-order valence-corrected chi connectivity index (χ0v) is 15.7. The largest absolute Gasteiger partial charge is 0.382 e. The van der Waals surface area contributed by atoms with Gasteiger partial charge in [-0.15, -0.1) is 5.10 Å². The van der Waals surface area contributed by atoms with Crippen LogP contribution in [0.25, 0.3) is 22.3 Å². The fraction of sp³-hybridized carbons (Fsp3) is 0.0556. The first-order valence-corrected chi connectivity index (χ1v) is 8.77. The average molecular weight is 442 g/mol. The quantitative estimate of drug-likeness (QED) is 0.521. The summed E-state index contributed by atoms with van der Waals surface area (Å²) in [5.74, 6) is -1.16. The van der Waals surface area contributed by atoms with Crippen LogP contribution in [0.4, 0.5) is 14.6 Å². The second-order valence-corrected chi connectivity index (χ2v) is 6.59. The minimum atomic E-state index is -0.708. The van der Waals surface area contributed by atoms with Gasteiger partial charge in [0.2, 0.25) is 0 Å². The molecule has 0 radical (unpaired) electrons. The molecule has 0 aliphatic heterocycles. The average Bonchev–Trinajstić information content (AvgIpc) is 3.12. The van der Waals surface area contributed by atoms with Gasteiger partial charge in [-0.05, 0) is 40.2 Å². The number of fused-ring (bicyclic) bond motifs is 1. The van der Waals surface area contributed by atoms with Crippen LogP contribution in [0, 0.1) is 23.0 Å². The summed E-state index contributed by atoms with van der Waals surface area (Å²) < 4.78 is 28.8. The molecule has 1 aromatic carbocycles. The molecule has 4 aromatic rings. The number of nitrogens with zero attached hydrogens (tertiary/aromatic N) is 6. The molecule has 2 N–H and O–H groups in total. The monoisotopic (exact) mass is 441 g/mol. The van der Waals surface area contributed by atoms with E-state index in [9.17, 15) is 8.78 Å². The molecule has 0 fully saturated rings. The SMILES string of the molecule is N#Cc1cccc(-c2nc(N)c3nn(Cc4ncccc4F)nc3c2Br)c1F. The molecule has 0 aliphatic carbocycles. The molecule has 0 spiro atoms. The zero-order chi connectivity index (χ0) is 19.8. The zero-order valence-electron chi connectivity index (χ0n) is 14.1. The Bertz CT molecular complexity index is 1260. The number of nitriles is 1. The van der Waals surface area contributed by atoms with Gasteiger partial charge >= 0.3 is 0 Å². The first kappa shape index (κ1) is 17.9. The Morgan fingerprint density at radius 1 is 1.14 bits per heavy atom. The van der Waals surface area contributed by atoms with E-state index < -0.39 is 11.6 Å². The second kappa shape index (κ2) is 6.94. The number of benzene rings is 1. The lowest BCUT2D eigenvalue weighted by molar-refractivity contribution is 0.540.